The first-order valence-electron chi connectivity index (χ1n) is 13.8. The maximum Gasteiger partial charge on any atom is 0.260 e. The third kappa shape index (κ3) is 6.58. The zero-order valence-electron chi connectivity index (χ0n) is 24.4. The topological polar surface area (TPSA) is 146 Å². The molecule has 0 aliphatic carbocycles. The van der Waals surface area contributed by atoms with Crippen LogP contribution >= 0.6 is 0 Å². The van der Waals surface area contributed by atoms with E-state index in [2.05, 4.69) is 25.3 Å². The van der Waals surface area contributed by atoms with Crippen LogP contribution in [0.25, 0.3) is 11.0 Å². The summed E-state index contributed by atoms with van der Waals surface area (Å²) in [5, 5.41) is 20.9. The summed E-state index contributed by atoms with van der Waals surface area (Å²) in [6.45, 7) is 2.75. The highest BCUT2D eigenvalue weighted by Crippen LogP contribution is 2.34. The number of aromatic nitrogens is 4. The van der Waals surface area contributed by atoms with Crippen molar-refractivity contribution in [3.63, 3.8) is 0 Å². The lowest BCUT2D eigenvalue weighted by molar-refractivity contribution is 0.273. The second-order valence-corrected chi connectivity index (χ2v) is 10.4. The quantitative estimate of drug-likeness (QED) is 0.220. The van der Waals surface area contributed by atoms with E-state index in [1.807, 2.05) is 77.0 Å². The fraction of sp³-hybridized carbons (Fsp3) is 0.345. The van der Waals surface area contributed by atoms with Crippen molar-refractivity contribution in [1.29, 1.82) is 5.41 Å². The monoisotopic (exact) mass is 571 g/mol. The predicted molar refractivity (Wildman–Crippen MR) is 165 cm³/mol. The van der Waals surface area contributed by atoms with E-state index in [9.17, 15) is 0 Å². The van der Waals surface area contributed by atoms with Crippen molar-refractivity contribution >= 4 is 39.8 Å². The Morgan fingerprint density at radius 1 is 0.810 bits per heavy atom. The Kier molecular flexibility index (Phi) is 8.79. The number of hydrogen-bond acceptors (Lipinski definition) is 10. The molecule has 0 aromatic carbocycles. The van der Waals surface area contributed by atoms with Gasteiger partial charge in [0.1, 0.15) is 0 Å². The molecule has 0 atom stereocenters. The number of ether oxygens (including phenoxy) is 2. The molecule has 0 unspecified atom stereocenters. The first-order chi connectivity index (χ1) is 20.3. The smallest absolute Gasteiger partial charge is 0.260 e. The van der Waals surface area contributed by atoms with E-state index >= 15 is 0 Å². The molecule has 5 rings (SSSR count). The largest absolute Gasteiger partial charge is 0.475 e. The van der Waals surface area contributed by atoms with Gasteiger partial charge in [-0.15, -0.1) is 10.2 Å². The van der Waals surface area contributed by atoms with E-state index in [4.69, 9.17) is 30.6 Å². The Morgan fingerprint density at radius 3 is 1.81 bits per heavy atom. The fourth-order valence-electron chi connectivity index (χ4n) is 4.38. The van der Waals surface area contributed by atoms with E-state index in [1.165, 1.54) is 6.08 Å². The van der Waals surface area contributed by atoms with Crippen LogP contribution in [0, 0.1) is 5.41 Å². The molecular weight excluding hydrogens is 534 g/mol. The van der Waals surface area contributed by atoms with Gasteiger partial charge in [-0.3, -0.25) is 5.41 Å². The molecule has 0 radical (unpaired) electrons. The number of amidine groups is 2. The van der Waals surface area contributed by atoms with Gasteiger partial charge in [0.2, 0.25) is 0 Å². The second-order valence-electron chi connectivity index (χ2n) is 10.4. The molecule has 4 N–H and O–H groups in total. The van der Waals surface area contributed by atoms with Gasteiger partial charge in [-0.05, 0) is 71.4 Å². The highest BCUT2D eigenvalue weighted by atomic mass is 16.5. The molecule has 1 aliphatic rings. The van der Waals surface area contributed by atoms with Crippen molar-refractivity contribution in [1.82, 2.24) is 34.3 Å². The van der Waals surface area contributed by atoms with Crippen LogP contribution in [0.1, 0.15) is 12.8 Å². The molecular formula is C29H37N11O2. The Balaban J connectivity index is 1.48. The Bertz CT molecular complexity index is 1660. The summed E-state index contributed by atoms with van der Waals surface area (Å²) in [5.41, 5.74) is 9.32. The van der Waals surface area contributed by atoms with Crippen LogP contribution < -0.4 is 20.5 Å². The minimum Gasteiger partial charge on any atom is -0.475 e. The third-order valence-electron chi connectivity index (χ3n) is 6.46. The standard InChI is InChI=1S/C29H37N11O2/c1-37(2)13-9-17-41-28-24(22-11-5-7-15-39(22)35-28)32-26-20(30)19-21(31)27(34-26)33-25-23-12-6-8-16-40(23)36-29(25)42-18-10-14-38(3)4/h5-8,11-12,15-16,19,30H,9-10,13-14,17-18,31H2,1-4H3,(H,32,33,34). The van der Waals surface area contributed by atoms with E-state index in [0.717, 1.165) is 37.0 Å². The van der Waals surface area contributed by atoms with Crippen LogP contribution in [0.3, 0.4) is 0 Å². The molecule has 0 bridgehead atoms. The molecule has 42 heavy (non-hydrogen) atoms. The van der Waals surface area contributed by atoms with Gasteiger partial charge in [0.15, 0.2) is 23.0 Å². The zero-order valence-corrected chi connectivity index (χ0v) is 24.4. The molecule has 4 aromatic heterocycles. The first kappa shape index (κ1) is 28.8. The molecule has 1 aliphatic heterocycles. The van der Waals surface area contributed by atoms with Crippen LogP contribution in [-0.2, 0) is 0 Å². The average Bonchev–Trinajstić information content (AvgIpc) is 3.49. The Labute approximate surface area is 244 Å². The maximum absolute atomic E-state index is 8.61. The average molecular weight is 572 g/mol. The van der Waals surface area contributed by atoms with E-state index in [-0.39, 0.29) is 11.5 Å². The van der Waals surface area contributed by atoms with Gasteiger partial charge in [0.05, 0.1) is 35.7 Å². The Hall–Kier alpha value is -4.75. The summed E-state index contributed by atoms with van der Waals surface area (Å²) in [6, 6.07) is 11.4. The number of hydrogen-bond donors (Lipinski definition) is 3. The SMILES string of the molecule is CN(C)CCCOc1nn2ccccc2c1N=C1NC(=Nc2c(OCCCN(C)C)nn3ccccc23)C(N)=CC1=N. The van der Waals surface area contributed by atoms with Crippen molar-refractivity contribution in [2.45, 2.75) is 12.8 Å². The normalized spacial score (nSPS) is 15.8. The van der Waals surface area contributed by atoms with Crippen molar-refractivity contribution in [2.24, 2.45) is 15.7 Å². The van der Waals surface area contributed by atoms with Crippen molar-refractivity contribution in [2.75, 3.05) is 54.5 Å². The first-order valence-corrected chi connectivity index (χ1v) is 13.8. The maximum atomic E-state index is 8.61. The lowest BCUT2D eigenvalue weighted by Gasteiger charge is -2.18. The summed E-state index contributed by atoms with van der Waals surface area (Å²) < 4.78 is 15.5. The molecule has 13 nitrogen and oxygen atoms in total. The van der Waals surface area contributed by atoms with Gasteiger partial charge in [-0.1, -0.05) is 12.1 Å². The Morgan fingerprint density at radius 2 is 1.31 bits per heavy atom. The van der Waals surface area contributed by atoms with Gasteiger partial charge in [-0.2, -0.15) is 0 Å². The van der Waals surface area contributed by atoms with E-state index in [1.54, 1.807) is 9.03 Å². The van der Waals surface area contributed by atoms with Crippen molar-refractivity contribution in [3.8, 4) is 11.8 Å². The number of aliphatic imine (C=N–C) groups is 2. The summed E-state index contributed by atoms with van der Waals surface area (Å²) in [6.07, 6.45) is 6.87. The van der Waals surface area contributed by atoms with Crippen LogP contribution in [0.2, 0.25) is 0 Å². The number of nitrogens with one attached hydrogen (secondary N) is 2. The molecule has 0 amide bonds. The van der Waals surface area contributed by atoms with Crippen LogP contribution in [0.5, 0.6) is 11.8 Å². The minimum absolute atomic E-state index is 0.111. The lowest BCUT2D eigenvalue weighted by atomic mass is 10.2. The van der Waals surface area contributed by atoms with Crippen molar-refractivity contribution in [3.05, 3.63) is 60.6 Å². The van der Waals surface area contributed by atoms with Crippen LogP contribution in [-0.4, -0.2) is 101 Å². The summed E-state index contributed by atoms with van der Waals surface area (Å²) in [7, 11) is 8.09. The highest BCUT2D eigenvalue weighted by Gasteiger charge is 2.23. The van der Waals surface area contributed by atoms with Crippen LogP contribution in [0.4, 0.5) is 11.4 Å². The molecule has 0 fully saturated rings. The minimum atomic E-state index is 0.111. The van der Waals surface area contributed by atoms with Crippen molar-refractivity contribution < 1.29 is 9.47 Å². The number of rotatable bonds is 12. The van der Waals surface area contributed by atoms with Crippen LogP contribution in [0.15, 0.2) is 70.5 Å². The predicted octanol–water partition coefficient (Wildman–Crippen LogP) is 2.87. The number of nitrogens with zero attached hydrogens (tertiary/aromatic N) is 8. The van der Waals surface area contributed by atoms with Gasteiger partial charge in [0.25, 0.3) is 11.8 Å². The number of nitrogens with two attached hydrogens (primary N) is 1. The van der Waals surface area contributed by atoms with Gasteiger partial charge < -0.3 is 30.3 Å². The fourth-order valence-corrected chi connectivity index (χ4v) is 4.38. The van der Waals surface area contributed by atoms with Gasteiger partial charge >= 0.3 is 0 Å². The number of fused-ring (bicyclic) bond motifs is 2. The van der Waals surface area contributed by atoms with E-state index in [0.29, 0.717) is 47.9 Å². The van der Waals surface area contributed by atoms with Gasteiger partial charge in [0, 0.05) is 25.5 Å². The lowest BCUT2D eigenvalue weighted by Crippen LogP contribution is -2.42. The molecule has 13 heteroatoms. The molecule has 4 aromatic rings. The highest BCUT2D eigenvalue weighted by molar-refractivity contribution is 6.50. The third-order valence-corrected chi connectivity index (χ3v) is 6.46. The summed E-state index contributed by atoms with van der Waals surface area (Å²) >= 11 is 0. The van der Waals surface area contributed by atoms with Gasteiger partial charge in [-0.25, -0.2) is 19.0 Å². The summed E-state index contributed by atoms with van der Waals surface area (Å²) in [5.74, 6) is 1.40. The number of pyridine rings is 2. The summed E-state index contributed by atoms with van der Waals surface area (Å²) in [4.78, 5) is 13.8. The zero-order chi connectivity index (χ0) is 29.6. The second kappa shape index (κ2) is 12.8. The van der Waals surface area contributed by atoms with E-state index < -0.39 is 0 Å². The molecule has 220 valence electrons. The molecule has 0 spiro atoms. The molecule has 5 heterocycles. The molecule has 0 saturated carbocycles. The molecule has 0 saturated heterocycles.